The van der Waals surface area contributed by atoms with Crippen LogP contribution in [-0.2, 0) is 15.5 Å². The summed E-state index contributed by atoms with van der Waals surface area (Å²) in [5, 5.41) is 21.2. The molecule has 4 heterocycles. The Hall–Kier alpha value is -3.51. The number of anilines is 2. The number of hydrogen-bond donors (Lipinski definition) is 2. The number of hydrogen-bond acceptors (Lipinski definition) is 8. The second kappa shape index (κ2) is 10.3. The number of piperazine rings is 1. The standard InChI is InChI=1S/C26H29F3N6O3/c1-15(19-4-3-5-21(22(19)27)26(28,29)14-36)31-24-20-10-18(11-30-23(20)16(2)32-33-24)34-6-8-35(9-7-34)25(37)17-12-38-13-17/h3-5,10-11,15,17,36H,6-9,12-14H2,1-2H3,(H,31,33)/t15-/m1/s1. The van der Waals surface area contributed by atoms with E-state index in [9.17, 15) is 13.6 Å². The van der Waals surface area contributed by atoms with Crippen molar-refractivity contribution in [2.24, 2.45) is 5.92 Å². The molecule has 12 heteroatoms. The van der Waals surface area contributed by atoms with Crippen LogP contribution in [0.15, 0.2) is 30.5 Å². The number of fused-ring (bicyclic) bond motifs is 1. The summed E-state index contributed by atoms with van der Waals surface area (Å²) in [4.78, 5) is 21.1. The van der Waals surface area contributed by atoms with Crippen LogP contribution >= 0.6 is 0 Å². The first-order valence-electron chi connectivity index (χ1n) is 12.5. The number of aliphatic hydroxyl groups is 1. The van der Waals surface area contributed by atoms with Gasteiger partial charge in [0.15, 0.2) is 5.82 Å². The van der Waals surface area contributed by atoms with Crippen molar-refractivity contribution in [2.45, 2.75) is 25.8 Å². The Bertz CT molecular complexity index is 1350. The predicted molar refractivity (Wildman–Crippen MR) is 135 cm³/mol. The fourth-order valence-corrected chi connectivity index (χ4v) is 4.78. The van der Waals surface area contributed by atoms with E-state index in [-0.39, 0.29) is 17.4 Å². The van der Waals surface area contributed by atoms with E-state index in [0.717, 1.165) is 11.8 Å². The van der Waals surface area contributed by atoms with Crippen LogP contribution in [0.5, 0.6) is 0 Å². The number of pyridine rings is 1. The topological polar surface area (TPSA) is 104 Å². The van der Waals surface area contributed by atoms with Gasteiger partial charge in [0.25, 0.3) is 5.92 Å². The SMILES string of the molecule is Cc1nnc(N[C@H](C)c2cccc(C(F)(F)CO)c2F)c2cc(N3CCN(C(=O)C4COC4)CC3)cnc12. The van der Waals surface area contributed by atoms with E-state index in [2.05, 4.69) is 25.4 Å². The molecule has 2 aromatic heterocycles. The number of carbonyl (C=O) groups is 1. The molecular formula is C26H29F3N6O3. The van der Waals surface area contributed by atoms with Crippen molar-refractivity contribution in [3.05, 3.63) is 53.1 Å². The first-order chi connectivity index (χ1) is 18.2. The Labute approximate surface area is 217 Å². The number of nitrogens with zero attached hydrogens (tertiary/aromatic N) is 5. The first-order valence-corrected chi connectivity index (χ1v) is 12.5. The average molecular weight is 531 g/mol. The van der Waals surface area contributed by atoms with Crippen molar-refractivity contribution in [3.8, 4) is 0 Å². The summed E-state index contributed by atoms with van der Waals surface area (Å²) < 4.78 is 48.3. The van der Waals surface area contributed by atoms with Crippen LogP contribution in [0.25, 0.3) is 10.9 Å². The van der Waals surface area contributed by atoms with Crippen molar-refractivity contribution in [2.75, 3.05) is 56.2 Å². The Morgan fingerprint density at radius 3 is 2.63 bits per heavy atom. The quantitative estimate of drug-likeness (QED) is 0.481. The van der Waals surface area contributed by atoms with Gasteiger partial charge in [-0.25, -0.2) is 4.39 Å². The molecule has 2 aliphatic rings. The second-order valence-corrected chi connectivity index (χ2v) is 9.71. The summed E-state index contributed by atoms with van der Waals surface area (Å²) in [5.74, 6) is -4.36. The van der Waals surface area contributed by atoms with Gasteiger partial charge in [0.05, 0.1) is 53.8 Å². The van der Waals surface area contributed by atoms with E-state index in [1.54, 1.807) is 20.0 Å². The molecule has 1 aromatic carbocycles. The summed E-state index contributed by atoms with van der Waals surface area (Å²) in [6.45, 7) is 5.36. The van der Waals surface area contributed by atoms with Gasteiger partial charge in [0, 0.05) is 37.1 Å². The molecule has 202 valence electrons. The summed E-state index contributed by atoms with van der Waals surface area (Å²) in [6.07, 6.45) is 1.75. The normalized spacial score (nSPS) is 17.4. The number of aliphatic hydroxyl groups excluding tert-OH is 1. The molecule has 0 unspecified atom stereocenters. The van der Waals surface area contributed by atoms with E-state index < -0.39 is 30.0 Å². The van der Waals surface area contributed by atoms with Gasteiger partial charge in [-0.15, -0.1) is 5.10 Å². The van der Waals surface area contributed by atoms with E-state index in [1.807, 2.05) is 11.0 Å². The lowest BCUT2D eigenvalue weighted by molar-refractivity contribution is -0.150. The molecule has 0 spiro atoms. The highest BCUT2D eigenvalue weighted by molar-refractivity contribution is 5.92. The van der Waals surface area contributed by atoms with E-state index in [4.69, 9.17) is 9.84 Å². The monoisotopic (exact) mass is 530 g/mol. The summed E-state index contributed by atoms with van der Waals surface area (Å²) in [5.41, 5.74) is 1.21. The van der Waals surface area contributed by atoms with Gasteiger partial charge in [-0.3, -0.25) is 9.78 Å². The first kappa shape index (κ1) is 26.1. The maximum atomic E-state index is 15.0. The van der Waals surface area contributed by atoms with E-state index in [0.29, 0.717) is 61.8 Å². The van der Waals surface area contributed by atoms with Crippen LogP contribution < -0.4 is 10.2 Å². The van der Waals surface area contributed by atoms with Crippen LogP contribution in [-0.4, -0.2) is 77.1 Å². The third kappa shape index (κ3) is 4.85. The molecular weight excluding hydrogens is 501 g/mol. The number of nitrogens with one attached hydrogen (secondary N) is 1. The third-order valence-corrected chi connectivity index (χ3v) is 7.16. The van der Waals surface area contributed by atoms with Crippen molar-refractivity contribution >= 4 is 28.3 Å². The molecule has 2 saturated heterocycles. The van der Waals surface area contributed by atoms with Crippen LogP contribution in [0.4, 0.5) is 24.7 Å². The fraction of sp³-hybridized carbons (Fsp3) is 0.462. The van der Waals surface area contributed by atoms with Crippen molar-refractivity contribution in [1.29, 1.82) is 0 Å². The van der Waals surface area contributed by atoms with Crippen LogP contribution in [0.3, 0.4) is 0 Å². The van der Waals surface area contributed by atoms with Gasteiger partial charge in [-0.2, -0.15) is 13.9 Å². The van der Waals surface area contributed by atoms with Gasteiger partial charge in [0.2, 0.25) is 5.91 Å². The maximum absolute atomic E-state index is 15.0. The lowest BCUT2D eigenvalue weighted by Gasteiger charge is -2.39. The Kier molecular flexibility index (Phi) is 7.10. The summed E-state index contributed by atoms with van der Waals surface area (Å²) >= 11 is 0. The Balaban J connectivity index is 1.38. The lowest BCUT2D eigenvalue weighted by Crippen LogP contribution is -2.53. The number of amides is 1. The number of halogens is 3. The largest absolute Gasteiger partial charge is 0.390 e. The van der Waals surface area contributed by atoms with Gasteiger partial charge in [-0.05, 0) is 26.0 Å². The average Bonchev–Trinajstić information content (AvgIpc) is 2.89. The minimum atomic E-state index is -3.70. The van der Waals surface area contributed by atoms with Gasteiger partial charge in [0.1, 0.15) is 12.4 Å². The van der Waals surface area contributed by atoms with Crippen LogP contribution in [0, 0.1) is 18.7 Å². The second-order valence-electron chi connectivity index (χ2n) is 9.71. The molecule has 3 aromatic rings. The molecule has 0 radical (unpaired) electrons. The molecule has 2 fully saturated rings. The van der Waals surface area contributed by atoms with Crippen molar-refractivity contribution < 1.29 is 27.8 Å². The fourth-order valence-electron chi connectivity index (χ4n) is 4.78. The minimum absolute atomic E-state index is 0.00733. The predicted octanol–water partition coefficient (Wildman–Crippen LogP) is 3.02. The van der Waals surface area contributed by atoms with E-state index >= 15 is 4.39 Å². The molecule has 0 bridgehead atoms. The highest BCUT2D eigenvalue weighted by Gasteiger charge is 2.35. The minimum Gasteiger partial charge on any atom is -0.390 e. The number of benzene rings is 1. The Morgan fingerprint density at radius 1 is 1.24 bits per heavy atom. The number of rotatable bonds is 7. The molecule has 0 aliphatic carbocycles. The zero-order chi connectivity index (χ0) is 27.0. The van der Waals surface area contributed by atoms with Crippen LogP contribution in [0.1, 0.15) is 29.8 Å². The van der Waals surface area contributed by atoms with Gasteiger partial charge in [-0.1, -0.05) is 12.1 Å². The van der Waals surface area contributed by atoms with Gasteiger partial charge >= 0.3 is 0 Å². The third-order valence-electron chi connectivity index (χ3n) is 7.16. The van der Waals surface area contributed by atoms with Crippen molar-refractivity contribution in [3.63, 3.8) is 0 Å². The molecule has 38 heavy (non-hydrogen) atoms. The molecule has 0 saturated carbocycles. The summed E-state index contributed by atoms with van der Waals surface area (Å²) in [7, 11) is 0. The zero-order valence-electron chi connectivity index (χ0n) is 21.1. The molecule has 9 nitrogen and oxygen atoms in total. The number of carbonyl (C=O) groups excluding carboxylic acids is 1. The van der Waals surface area contributed by atoms with Crippen molar-refractivity contribution in [1.82, 2.24) is 20.1 Å². The highest BCUT2D eigenvalue weighted by Crippen LogP contribution is 2.34. The molecule has 5 rings (SSSR count). The molecule has 1 amide bonds. The number of ether oxygens (including phenoxy) is 1. The molecule has 2 aliphatic heterocycles. The van der Waals surface area contributed by atoms with Gasteiger partial charge < -0.3 is 25.0 Å². The number of aryl methyl sites for hydroxylation is 1. The number of aromatic nitrogens is 3. The van der Waals surface area contributed by atoms with Crippen LogP contribution in [0.2, 0.25) is 0 Å². The molecule has 2 N–H and O–H groups in total. The Morgan fingerprint density at radius 2 is 1.97 bits per heavy atom. The summed E-state index contributed by atoms with van der Waals surface area (Å²) in [6, 6.07) is 4.89. The maximum Gasteiger partial charge on any atom is 0.298 e. The highest BCUT2D eigenvalue weighted by atomic mass is 19.3. The number of alkyl halides is 2. The lowest BCUT2D eigenvalue weighted by atomic mass is 10.00. The smallest absolute Gasteiger partial charge is 0.298 e. The van der Waals surface area contributed by atoms with E-state index in [1.165, 1.54) is 12.1 Å². The zero-order valence-corrected chi connectivity index (χ0v) is 21.1. The molecule has 1 atom stereocenters.